The lowest BCUT2D eigenvalue weighted by molar-refractivity contribution is 0.0953. The molecule has 0 radical (unpaired) electrons. The van der Waals surface area contributed by atoms with Crippen LogP contribution in [0.5, 0.6) is 5.75 Å². The predicted octanol–water partition coefficient (Wildman–Crippen LogP) is 3.06. The molecule has 1 N–H and O–H groups in total. The molecule has 2 rings (SSSR count). The van der Waals surface area contributed by atoms with Crippen molar-refractivity contribution in [2.75, 3.05) is 6.61 Å². The highest BCUT2D eigenvalue weighted by Gasteiger charge is 2.12. The average molecular weight is 286 g/mol. The first-order chi connectivity index (χ1) is 10.1. The lowest BCUT2D eigenvalue weighted by Gasteiger charge is -2.02. The zero-order chi connectivity index (χ0) is 15.2. The summed E-state index contributed by atoms with van der Waals surface area (Å²) >= 11 is 0. The maximum Gasteiger partial charge on any atom is 0.274 e. The van der Waals surface area contributed by atoms with Gasteiger partial charge in [0.1, 0.15) is 17.3 Å². The molecule has 1 aromatic carbocycles. The van der Waals surface area contributed by atoms with E-state index >= 15 is 0 Å². The van der Waals surface area contributed by atoms with Crippen molar-refractivity contribution in [1.82, 2.24) is 5.43 Å². The largest absolute Gasteiger partial charge is 0.494 e. The van der Waals surface area contributed by atoms with E-state index in [2.05, 4.69) is 10.5 Å². The summed E-state index contributed by atoms with van der Waals surface area (Å²) in [5.41, 5.74) is 3.85. The Bertz CT molecular complexity index is 642. The molecule has 0 saturated carbocycles. The number of amides is 1. The number of nitrogens with zero attached hydrogens (tertiary/aromatic N) is 1. The molecule has 5 nitrogen and oxygen atoms in total. The Kier molecular flexibility index (Phi) is 4.77. The summed E-state index contributed by atoms with van der Waals surface area (Å²) in [6, 6.07) is 9.14. The van der Waals surface area contributed by atoms with E-state index in [0.29, 0.717) is 23.7 Å². The molecule has 1 heterocycles. The summed E-state index contributed by atoms with van der Waals surface area (Å²) in [5.74, 6) is 1.81. The van der Waals surface area contributed by atoms with Gasteiger partial charge in [-0.3, -0.25) is 4.79 Å². The van der Waals surface area contributed by atoms with E-state index in [1.165, 1.54) is 0 Å². The Morgan fingerprint density at radius 1 is 1.33 bits per heavy atom. The molecular weight excluding hydrogens is 268 g/mol. The van der Waals surface area contributed by atoms with E-state index < -0.39 is 0 Å². The second kappa shape index (κ2) is 6.74. The molecule has 5 heteroatoms. The summed E-state index contributed by atoms with van der Waals surface area (Å²) in [6.45, 7) is 6.11. The third kappa shape index (κ3) is 3.95. The van der Waals surface area contributed by atoms with Crippen molar-refractivity contribution in [1.29, 1.82) is 0 Å². The van der Waals surface area contributed by atoms with Crippen molar-refractivity contribution in [3.63, 3.8) is 0 Å². The molecule has 0 aliphatic carbocycles. The third-order valence-electron chi connectivity index (χ3n) is 2.86. The number of aryl methyl sites for hydroxylation is 2. The lowest BCUT2D eigenvalue weighted by atomic mass is 10.2. The standard InChI is InChI=1S/C16H18N2O3/c1-4-20-14-7-5-13(6-8-14)10-17-18-16(19)15-9-11(2)21-12(15)3/h5-10H,4H2,1-3H3,(H,18,19)/b17-10-. The first-order valence-electron chi connectivity index (χ1n) is 6.73. The van der Waals surface area contributed by atoms with E-state index in [1.807, 2.05) is 31.2 Å². The molecule has 2 aromatic rings. The van der Waals surface area contributed by atoms with Gasteiger partial charge in [-0.25, -0.2) is 5.43 Å². The smallest absolute Gasteiger partial charge is 0.274 e. The van der Waals surface area contributed by atoms with E-state index in [1.54, 1.807) is 26.1 Å². The number of ether oxygens (including phenoxy) is 1. The fraction of sp³-hybridized carbons (Fsp3) is 0.250. The van der Waals surface area contributed by atoms with Crippen LogP contribution >= 0.6 is 0 Å². The molecule has 0 bridgehead atoms. The quantitative estimate of drug-likeness (QED) is 0.678. The predicted molar refractivity (Wildman–Crippen MR) is 80.9 cm³/mol. The highest BCUT2D eigenvalue weighted by Crippen LogP contribution is 2.13. The van der Waals surface area contributed by atoms with Crippen LogP contribution in [0.15, 0.2) is 39.9 Å². The SMILES string of the molecule is CCOc1ccc(/C=N\NC(=O)c2cc(C)oc2C)cc1. The number of furan rings is 1. The van der Waals surface area contributed by atoms with E-state index in [-0.39, 0.29) is 5.91 Å². The Morgan fingerprint density at radius 2 is 2.05 bits per heavy atom. The summed E-state index contributed by atoms with van der Waals surface area (Å²) in [5, 5.41) is 3.94. The number of nitrogens with one attached hydrogen (secondary N) is 1. The maximum atomic E-state index is 11.9. The highest BCUT2D eigenvalue weighted by atomic mass is 16.5. The van der Waals surface area contributed by atoms with Crippen LogP contribution in [0.25, 0.3) is 0 Å². The van der Waals surface area contributed by atoms with Crippen molar-refractivity contribution in [2.24, 2.45) is 5.10 Å². The number of benzene rings is 1. The van der Waals surface area contributed by atoms with Crippen LogP contribution in [0.3, 0.4) is 0 Å². The highest BCUT2D eigenvalue weighted by molar-refractivity contribution is 5.95. The Morgan fingerprint density at radius 3 is 2.62 bits per heavy atom. The van der Waals surface area contributed by atoms with Gasteiger partial charge in [-0.1, -0.05) is 0 Å². The second-order valence-electron chi connectivity index (χ2n) is 4.53. The molecule has 21 heavy (non-hydrogen) atoms. The maximum absolute atomic E-state index is 11.9. The molecule has 0 unspecified atom stereocenters. The number of carbonyl (C=O) groups is 1. The Balaban J connectivity index is 1.95. The normalized spacial score (nSPS) is 10.8. The van der Waals surface area contributed by atoms with Gasteiger partial charge in [0, 0.05) is 0 Å². The minimum atomic E-state index is -0.286. The lowest BCUT2D eigenvalue weighted by Crippen LogP contribution is -2.17. The van der Waals surface area contributed by atoms with Crippen LogP contribution in [0.4, 0.5) is 0 Å². The van der Waals surface area contributed by atoms with Gasteiger partial charge < -0.3 is 9.15 Å². The molecule has 110 valence electrons. The van der Waals surface area contributed by atoms with Gasteiger partial charge in [-0.05, 0) is 56.7 Å². The van der Waals surface area contributed by atoms with Crippen LogP contribution in [0.2, 0.25) is 0 Å². The first kappa shape index (κ1) is 14.8. The van der Waals surface area contributed by atoms with Gasteiger partial charge in [-0.2, -0.15) is 5.10 Å². The zero-order valence-electron chi connectivity index (χ0n) is 12.3. The molecule has 1 aromatic heterocycles. The second-order valence-corrected chi connectivity index (χ2v) is 4.53. The molecule has 0 spiro atoms. The van der Waals surface area contributed by atoms with Crippen LogP contribution in [-0.4, -0.2) is 18.7 Å². The van der Waals surface area contributed by atoms with E-state index in [0.717, 1.165) is 11.3 Å². The van der Waals surface area contributed by atoms with Gasteiger partial charge in [0.25, 0.3) is 5.91 Å². The van der Waals surface area contributed by atoms with Gasteiger partial charge >= 0.3 is 0 Å². The van der Waals surface area contributed by atoms with Crippen LogP contribution in [0, 0.1) is 13.8 Å². The van der Waals surface area contributed by atoms with Gasteiger partial charge in [-0.15, -0.1) is 0 Å². The number of rotatable bonds is 5. The minimum Gasteiger partial charge on any atom is -0.494 e. The van der Waals surface area contributed by atoms with Crippen molar-refractivity contribution >= 4 is 12.1 Å². The fourth-order valence-electron chi connectivity index (χ4n) is 1.90. The average Bonchev–Trinajstić information content (AvgIpc) is 2.80. The Hall–Kier alpha value is -2.56. The van der Waals surface area contributed by atoms with Crippen LogP contribution < -0.4 is 10.2 Å². The number of hydrazone groups is 1. The van der Waals surface area contributed by atoms with Crippen molar-refractivity contribution in [3.8, 4) is 5.75 Å². The van der Waals surface area contributed by atoms with Gasteiger partial charge in [0.15, 0.2) is 0 Å². The molecular formula is C16H18N2O3. The van der Waals surface area contributed by atoms with Gasteiger partial charge in [0.2, 0.25) is 0 Å². The topological polar surface area (TPSA) is 63.8 Å². The molecule has 0 aliphatic rings. The van der Waals surface area contributed by atoms with Crippen molar-refractivity contribution < 1.29 is 13.9 Å². The number of hydrogen-bond donors (Lipinski definition) is 1. The minimum absolute atomic E-state index is 0.286. The van der Waals surface area contributed by atoms with Crippen LogP contribution in [-0.2, 0) is 0 Å². The van der Waals surface area contributed by atoms with Crippen molar-refractivity contribution in [2.45, 2.75) is 20.8 Å². The Labute approximate surface area is 123 Å². The molecule has 0 fully saturated rings. The monoisotopic (exact) mass is 286 g/mol. The fourth-order valence-corrected chi connectivity index (χ4v) is 1.90. The van der Waals surface area contributed by atoms with Gasteiger partial charge in [0.05, 0.1) is 18.4 Å². The third-order valence-corrected chi connectivity index (χ3v) is 2.86. The first-order valence-corrected chi connectivity index (χ1v) is 6.73. The summed E-state index contributed by atoms with van der Waals surface area (Å²) in [7, 11) is 0. The summed E-state index contributed by atoms with van der Waals surface area (Å²) in [6.07, 6.45) is 1.58. The van der Waals surface area contributed by atoms with E-state index in [9.17, 15) is 4.79 Å². The molecule has 0 aliphatic heterocycles. The summed E-state index contributed by atoms with van der Waals surface area (Å²) < 4.78 is 10.7. The zero-order valence-corrected chi connectivity index (χ0v) is 12.3. The molecule has 0 atom stereocenters. The number of carbonyl (C=O) groups excluding carboxylic acids is 1. The van der Waals surface area contributed by atoms with Crippen LogP contribution in [0.1, 0.15) is 34.4 Å². The molecule has 1 amide bonds. The number of hydrogen-bond acceptors (Lipinski definition) is 4. The molecule has 0 saturated heterocycles. The van der Waals surface area contributed by atoms with E-state index in [4.69, 9.17) is 9.15 Å². The van der Waals surface area contributed by atoms with Crippen molar-refractivity contribution in [3.05, 3.63) is 53.0 Å². The summed E-state index contributed by atoms with van der Waals surface area (Å²) in [4.78, 5) is 11.9.